The van der Waals surface area contributed by atoms with E-state index in [2.05, 4.69) is 10.1 Å². The maximum Gasteiger partial charge on any atom is 0.387 e. The number of nitrogens with one attached hydrogen (secondary N) is 1. The number of anilines is 1. The molecule has 0 radical (unpaired) electrons. The molecule has 130 valence electrons. The summed E-state index contributed by atoms with van der Waals surface area (Å²) in [5.74, 6) is 1.000. The van der Waals surface area contributed by atoms with E-state index in [1.165, 1.54) is 30.3 Å². The lowest BCUT2D eigenvalue weighted by atomic mass is 10.2. The van der Waals surface area contributed by atoms with Crippen molar-refractivity contribution in [1.82, 2.24) is 0 Å². The van der Waals surface area contributed by atoms with Gasteiger partial charge in [-0.3, -0.25) is 4.79 Å². The second-order valence-electron chi connectivity index (χ2n) is 5.13. The molecule has 0 spiro atoms. The highest BCUT2D eigenvalue weighted by molar-refractivity contribution is 6.01. The quantitative estimate of drug-likeness (QED) is 0.838. The van der Waals surface area contributed by atoms with Gasteiger partial charge in [0.2, 0.25) is 5.91 Å². The number of halogens is 2. The molecule has 0 saturated carbocycles. The van der Waals surface area contributed by atoms with Gasteiger partial charge in [-0.15, -0.1) is 0 Å². The first-order valence-corrected chi connectivity index (χ1v) is 7.54. The highest BCUT2D eigenvalue weighted by Crippen LogP contribution is 2.31. The Labute approximate surface area is 142 Å². The maximum absolute atomic E-state index is 12.1. The van der Waals surface area contributed by atoms with Crippen LogP contribution < -0.4 is 19.5 Å². The molecular weight excluding hydrogens is 332 g/mol. The summed E-state index contributed by atoms with van der Waals surface area (Å²) >= 11 is 0. The summed E-state index contributed by atoms with van der Waals surface area (Å²) in [4.78, 5) is 11.9. The first-order chi connectivity index (χ1) is 12.1. The van der Waals surface area contributed by atoms with Crippen molar-refractivity contribution in [2.45, 2.75) is 6.61 Å². The van der Waals surface area contributed by atoms with Crippen LogP contribution in [0.4, 0.5) is 14.5 Å². The first kappa shape index (κ1) is 16.8. The lowest BCUT2D eigenvalue weighted by Crippen LogP contribution is -2.15. The lowest BCUT2D eigenvalue weighted by molar-refractivity contribution is -0.111. The largest absolute Gasteiger partial charge is 0.486 e. The Kier molecular flexibility index (Phi) is 5.13. The molecule has 5 nitrogen and oxygen atoms in total. The summed E-state index contributed by atoms with van der Waals surface area (Å²) in [5.41, 5.74) is 1.26. The predicted molar refractivity (Wildman–Crippen MR) is 88.2 cm³/mol. The van der Waals surface area contributed by atoms with E-state index in [0.717, 1.165) is 5.56 Å². The van der Waals surface area contributed by atoms with Gasteiger partial charge in [0.1, 0.15) is 19.0 Å². The molecule has 0 unspecified atom stereocenters. The zero-order valence-electron chi connectivity index (χ0n) is 13.1. The smallest absolute Gasteiger partial charge is 0.387 e. The van der Waals surface area contributed by atoms with Gasteiger partial charge in [-0.05, 0) is 48.0 Å². The average molecular weight is 347 g/mol. The number of fused-ring (bicyclic) bond motifs is 1. The Morgan fingerprint density at radius 3 is 2.52 bits per heavy atom. The van der Waals surface area contributed by atoms with Gasteiger partial charge in [-0.25, -0.2) is 0 Å². The number of carbonyl (C=O) groups is 1. The fraction of sp³-hybridized carbons (Fsp3) is 0.167. The van der Waals surface area contributed by atoms with Gasteiger partial charge in [0.25, 0.3) is 0 Å². The van der Waals surface area contributed by atoms with Crippen LogP contribution in [0.1, 0.15) is 5.56 Å². The molecule has 3 rings (SSSR count). The molecule has 1 aliphatic rings. The van der Waals surface area contributed by atoms with Gasteiger partial charge in [-0.1, -0.05) is 6.07 Å². The molecule has 7 heteroatoms. The molecule has 1 heterocycles. The van der Waals surface area contributed by atoms with Crippen LogP contribution in [0.3, 0.4) is 0 Å². The van der Waals surface area contributed by atoms with Crippen molar-refractivity contribution < 1.29 is 27.8 Å². The highest BCUT2D eigenvalue weighted by Gasteiger charge is 2.11. The third kappa shape index (κ3) is 4.69. The van der Waals surface area contributed by atoms with Gasteiger partial charge < -0.3 is 19.5 Å². The van der Waals surface area contributed by atoms with Crippen LogP contribution in [-0.4, -0.2) is 25.7 Å². The summed E-state index contributed by atoms with van der Waals surface area (Å²) < 4.78 is 39.3. The second kappa shape index (κ2) is 7.65. The zero-order valence-corrected chi connectivity index (χ0v) is 13.1. The van der Waals surface area contributed by atoms with Crippen molar-refractivity contribution in [2.75, 3.05) is 18.5 Å². The molecule has 1 amide bonds. The van der Waals surface area contributed by atoms with Gasteiger partial charge in [0, 0.05) is 11.8 Å². The minimum Gasteiger partial charge on any atom is -0.486 e. The summed E-state index contributed by atoms with van der Waals surface area (Å²) in [7, 11) is 0. The first-order valence-electron chi connectivity index (χ1n) is 7.54. The number of hydrogen-bond acceptors (Lipinski definition) is 4. The minimum atomic E-state index is -2.88. The normalized spacial score (nSPS) is 13.1. The van der Waals surface area contributed by atoms with Crippen molar-refractivity contribution >= 4 is 17.7 Å². The van der Waals surface area contributed by atoms with Crippen LogP contribution in [0.2, 0.25) is 0 Å². The van der Waals surface area contributed by atoms with Crippen molar-refractivity contribution in [1.29, 1.82) is 0 Å². The molecule has 1 N–H and O–H groups in total. The molecular formula is C18H15F2NO4. The Morgan fingerprint density at radius 2 is 1.80 bits per heavy atom. The molecule has 0 bridgehead atoms. The van der Waals surface area contributed by atoms with Crippen molar-refractivity contribution in [3.8, 4) is 17.2 Å². The molecule has 0 aliphatic carbocycles. The van der Waals surface area contributed by atoms with E-state index in [4.69, 9.17) is 9.47 Å². The molecule has 2 aromatic rings. The Bertz CT molecular complexity index is 775. The van der Waals surface area contributed by atoms with E-state index in [9.17, 15) is 13.6 Å². The van der Waals surface area contributed by atoms with Crippen LogP contribution in [0, 0.1) is 0 Å². The summed E-state index contributed by atoms with van der Waals surface area (Å²) in [6.07, 6.45) is 3.01. The van der Waals surface area contributed by atoms with Crippen LogP contribution in [-0.2, 0) is 4.79 Å². The average Bonchev–Trinajstić information content (AvgIpc) is 2.61. The SMILES string of the molecule is O=C(/C=C/c1ccc2c(c1)OCCO2)Nc1ccc(OC(F)F)cc1. The predicted octanol–water partition coefficient (Wildman–Crippen LogP) is 3.71. The zero-order chi connectivity index (χ0) is 17.6. The van der Waals surface area contributed by atoms with E-state index in [0.29, 0.717) is 30.4 Å². The summed E-state index contributed by atoms with van der Waals surface area (Å²) in [6.45, 7) is -1.87. The molecule has 1 aliphatic heterocycles. The Hall–Kier alpha value is -3.09. The Morgan fingerprint density at radius 1 is 1.08 bits per heavy atom. The molecule has 2 aromatic carbocycles. The molecule has 0 fully saturated rings. The third-order valence-electron chi connectivity index (χ3n) is 3.34. The van der Waals surface area contributed by atoms with Gasteiger partial charge in [0.15, 0.2) is 11.5 Å². The topological polar surface area (TPSA) is 56.8 Å². The van der Waals surface area contributed by atoms with Gasteiger partial charge >= 0.3 is 6.61 Å². The monoisotopic (exact) mass is 347 g/mol. The van der Waals surface area contributed by atoms with E-state index in [1.807, 2.05) is 6.07 Å². The summed E-state index contributed by atoms with van der Waals surface area (Å²) in [6, 6.07) is 11.1. The van der Waals surface area contributed by atoms with Crippen molar-refractivity contribution in [3.05, 3.63) is 54.1 Å². The van der Waals surface area contributed by atoms with E-state index in [-0.39, 0.29) is 11.7 Å². The highest BCUT2D eigenvalue weighted by atomic mass is 19.3. The maximum atomic E-state index is 12.1. The van der Waals surface area contributed by atoms with Crippen LogP contribution >= 0.6 is 0 Å². The van der Waals surface area contributed by atoms with Crippen molar-refractivity contribution in [3.63, 3.8) is 0 Å². The second-order valence-corrected chi connectivity index (χ2v) is 5.13. The van der Waals surface area contributed by atoms with Crippen LogP contribution in [0.15, 0.2) is 48.5 Å². The number of amides is 1. The standard InChI is InChI=1S/C18H15F2NO4/c19-18(20)25-14-5-3-13(4-6-14)21-17(22)8-2-12-1-7-15-16(11-12)24-10-9-23-15/h1-8,11,18H,9-10H2,(H,21,22)/b8-2+. The summed E-state index contributed by atoms with van der Waals surface area (Å²) in [5, 5.41) is 2.63. The van der Waals surface area contributed by atoms with Crippen LogP contribution in [0.5, 0.6) is 17.2 Å². The number of carbonyl (C=O) groups excluding carboxylic acids is 1. The number of hydrogen-bond donors (Lipinski definition) is 1. The van der Waals surface area contributed by atoms with Crippen LogP contribution in [0.25, 0.3) is 6.08 Å². The lowest BCUT2D eigenvalue weighted by Gasteiger charge is -2.18. The number of alkyl halides is 2. The van der Waals surface area contributed by atoms with Gasteiger partial charge in [-0.2, -0.15) is 8.78 Å². The molecule has 0 atom stereocenters. The third-order valence-corrected chi connectivity index (χ3v) is 3.34. The fourth-order valence-corrected chi connectivity index (χ4v) is 2.24. The number of rotatable bonds is 5. The molecule has 25 heavy (non-hydrogen) atoms. The van der Waals surface area contributed by atoms with E-state index in [1.54, 1.807) is 18.2 Å². The fourth-order valence-electron chi connectivity index (χ4n) is 2.24. The van der Waals surface area contributed by atoms with E-state index < -0.39 is 6.61 Å². The molecule has 0 saturated heterocycles. The van der Waals surface area contributed by atoms with Crippen molar-refractivity contribution in [2.24, 2.45) is 0 Å². The number of ether oxygens (including phenoxy) is 3. The number of benzene rings is 2. The minimum absolute atomic E-state index is 0.0276. The van der Waals surface area contributed by atoms with E-state index >= 15 is 0 Å². The molecule has 0 aromatic heterocycles. The Balaban J connectivity index is 1.59. The van der Waals surface area contributed by atoms with Gasteiger partial charge in [0.05, 0.1) is 0 Å².